The van der Waals surface area contributed by atoms with Crippen LogP contribution in [0.25, 0.3) is 0 Å². The van der Waals surface area contributed by atoms with Gasteiger partial charge in [-0.15, -0.1) is 0 Å². The van der Waals surface area contributed by atoms with Crippen LogP contribution >= 0.6 is 0 Å². The predicted molar refractivity (Wildman–Crippen MR) is 90.2 cm³/mol. The van der Waals surface area contributed by atoms with Crippen molar-refractivity contribution in [2.45, 2.75) is 86.5 Å². The normalized spacial score (nSPS) is 40.7. The highest BCUT2D eigenvalue weighted by atomic mass is 16.1. The van der Waals surface area contributed by atoms with Crippen molar-refractivity contribution in [2.24, 2.45) is 34.5 Å². The summed E-state index contributed by atoms with van der Waals surface area (Å²) in [5.41, 5.74) is 0.217. The molecule has 0 radical (unpaired) electrons. The fraction of sp³-hybridized carbons (Fsp3) is 0.950. The summed E-state index contributed by atoms with van der Waals surface area (Å²) in [5.74, 6) is 4.22. The third-order valence-electron chi connectivity index (χ3n) is 7.18. The van der Waals surface area contributed by atoms with Crippen molar-refractivity contribution in [3.05, 3.63) is 0 Å². The Morgan fingerprint density at radius 3 is 1.81 bits per heavy atom. The third kappa shape index (κ3) is 2.94. The largest absolute Gasteiger partial charge is 0.299 e. The van der Waals surface area contributed by atoms with Crippen LogP contribution in [-0.2, 0) is 4.79 Å². The zero-order valence-corrected chi connectivity index (χ0v) is 15.2. The van der Waals surface area contributed by atoms with Crippen LogP contribution in [0.1, 0.15) is 86.5 Å². The average molecular weight is 293 g/mol. The van der Waals surface area contributed by atoms with Crippen molar-refractivity contribution >= 4 is 5.78 Å². The van der Waals surface area contributed by atoms with E-state index in [4.69, 9.17) is 0 Å². The topological polar surface area (TPSA) is 17.1 Å². The number of rotatable bonds is 4. The van der Waals surface area contributed by atoms with Gasteiger partial charge in [-0.2, -0.15) is 0 Å². The van der Waals surface area contributed by atoms with Crippen molar-refractivity contribution in [1.29, 1.82) is 0 Å². The Balaban J connectivity index is 0.000000774. The summed E-state index contributed by atoms with van der Waals surface area (Å²) in [6.07, 6.45) is 9.00. The molecule has 4 aliphatic carbocycles. The summed E-state index contributed by atoms with van der Waals surface area (Å²) in [6.45, 7) is 12.9. The van der Waals surface area contributed by atoms with E-state index in [0.29, 0.717) is 11.2 Å². The molecule has 0 N–H and O–H groups in total. The van der Waals surface area contributed by atoms with Gasteiger partial charge < -0.3 is 0 Å². The van der Waals surface area contributed by atoms with Gasteiger partial charge in [-0.25, -0.2) is 0 Å². The molecule has 0 aromatic rings. The van der Waals surface area contributed by atoms with Crippen LogP contribution in [0.5, 0.6) is 0 Å². The Morgan fingerprint density at radius 1 is 1.00 bits per heavy atom. The molecular weight excluding hydrogens is 256 g/mol. The van der Waals surface area contributed by atoms with Crippen molar-refractivity contribution in [3.8, 4) is 0 Å². The SMILES string of the molecule is CC.CCC(C)(C)C(=O)CC1(C)C2CC3CC(C2)CC1C3. The molecule has 0 aromatic heterocycles. The van der Waals surface area contributed by atoms with E-state index in [9.17, 15) is 4.79 Å². The summed E-state index contributed by atoms with van der Waals surface area (Å²) >= 11 is 0. The van der Waals surface area contributed by atoms with Crippen molar-refractivity contribution < 1.29 is 4.79 Å². The van der Waals surface area contributed by atoms with Gasteiger partial charge in [0.25, 0.3) is 0 Å². The quantitative estimate of drug-likeness (QED) is 0.633. The molecule has 0 aromatic carbocycles. The van der Waals surface area contributed by atoms with E-state index in [1.807, 2.05) is 13.8 Å². The molecule has 122 valence electrons. The second kappa shape index (κ2) is 6.05. The lowest BCUT2D eigenvalue weighted by Gasteiger charge is -2.60. The molecular formula is C20H36O. The molecule has 0 spiro atoms. The van der Waals surface area contributed by atoms with Crippen LogP contribution in [-0.4, -0.2) is 5.78 Å². The molecule has 0 aliphatic heterocycles. The van der Waals surface area contributed by atoms with Gasteiger partial charge in [0.05, 0.1) is 0 Å². The van der Waals surface area contributed by atoms with Crippen LogP contribution < -0.4 is 0 Å². The smallest absolute Gasteiger partial charge is 0.139 e. The van der Waals surface area contributed by atoms with Crippen molar-refractivity contribution in [1.82, 2.24) is 0 Å². The van der Waals surface area contributed by atoms with E-state index in [1.54, 1.807) is 0 Å². The minimum Gasteiger partial charge on any atom is -0.299 e. The first-order valence-corrected chi connectivity index (χ1v) is 9.38. The standard InChI is InChI=1S/C18H30O.C2H6/c1-5-17(2,3)16(19)11-18(4)14-7-12-6-13(9-14)10-15(18)8-12;1-2/h12-15H,5-11H2,1-4H3;1-2H3. The molecule has 4 aliphatic rings. The molecule has 0 atom stereocenters. The fourth-order valence-electron chi connectivity index (χ4n) is 5.33. The highest BCUT2D eigenvalue weighted by Crippen LogP contribution is 2.63. The summed E-state index contributed by atoms with van der Waals surface area (Å²) in [5, 5.41) is 0. The maximum Gasteiger partial charge on any atom is 0.139 e. The van der Waals surface area contributed by atoms with E-state index in [2.05, 4.69) is 27.7 Å². The minimum atomic E-state index is -0.113. The summed E-state index contributed by atoms with van der Waals surface area (Å²) < 4.78 is 0. The van der Waals surface area contributed by atoms with Crippen molar-refractivity contribution in [2.75, 3.05) is 0 Å². The Labute approximate surface area is 132 Å². The van der Waals surface area contributed by atoms with E-state index in [1.165, 1.54) is 32.1 Å². The molecule has 4 fully saturated rings. The number of hydrogen-bond donors (Lipinski definition) is 0. The van der Waals surface area contributed by atoms with Crippen molar-refractivity contribution in [3.63, 3.8) is 0 Å². The highest BCUT2D eigenvalue weighted by molar-refractivity contribution is 5.84. The van der Waals surface area contributed by atoms with Crippen LogP contribution in [0.15, 0.2) is 0 Å². The van der Waals surface area contributed by atoms with Crippen LogP contribution in [0, 0.1) is 34.5 Å². The number of hydrogen-bond acceptors (Lipinski definition) is 1. The van der Waals surface area contributed by atoms with Gasteiger partial charge in [0.2, 0.25) is 0 Å². The first-order valence-electron chi connectivity index (χ1n) is 9.38. The lowest BCUT2D eigenvalue weighted by atomic mass is 9.44. The van der Waals surface area contributed by atoms with Gasteiger partial charge in [0, 0.05) is 11.8 Å². The Bertz CT molecular complexity index is 351. The zero-order chi connectivity index (χ0) is 15.8. The van der Waals surface area contributed by atoms with E-state index in [0.717, 1.165) is 36.5 Å². The molecule has 0 amide bonds. The monoisotopic (exact) mass is 292 g/mol. The van der Waals surface area contributed by atoms with Crippen LogP contribution in [0.4, 0.5) is 0 Å². The molecule has 4 saturated carbocycles. The lowest BCUT2D eigenvalue weighted by molar-refractivity contribution is -0.142. The number of carbonyl (C=O) groups is 1. The van der Waals surface area contributed by atoms with Crippen LogP contribution in [0.2, 0.25) is 0 Å². The highest BCUT2D eigenvalue weighted by Gasteiger charge is 2.55. The molecule has 4 rings (SSSR count). The van der Waals surface area contributed by atoms with Crippen LogP contribution in [0.3, 0.4) is 0 Å². The second-order valence-electron chi connectivity index (χ2n) is 8.65. The fourth-order valence-corrected chi connectivity index (χ4v) is 5.33. The van der Waals surface area contributed by atoms with Gasteiger partial charge in [0.1, 0.15) is 5.78 Å². The van der Waals surface area contributed by atoms with Gasteiger partial charge >= 0.3 is 0 Å². The maximum absolute atomic E-state index is 12.7. The summed E-state index contributed by atoms with van der Waals surface area (Å²) in [4.78, 5) is 12.7. The zero-order valence-electron chi connectivity index (χ0n) is 15.2. The van der Waals surface area contributed by atoms with Gasteiger partial charge in [-0.3, -0.25) is 4.79 Å². The third-order valence-corrected chi connectivity index (χ3v) is 7.18. The Hall–Kier alpha value is -0.330. The summed E-state index contributed by atoms with van der Waals surface area (Å²) in [7, 11) is 0. The Morgan fingerprint density at radius 2 is 1.43 bits per heavy atom. The molecule has 21 heavy (non-hydrogen) atoms. The molecule has 4 bridgehead atoms. The molecule has 0 saturated heterocycles. The van der Waals surface area contributed by atoms with Gasteiger partial charge in [-0.1, -0.05) is 41.5 Å². The first-order chi connectivity index (χ1) is 9.85. The molecule has 0 unspecified atom stereocenters. The number of Topliss-reactive ketones (excluding diaryl/α,β-unsaturated/α-hetero) is 1. The number of ketones is 1. The van der Waals surface area contributed by atoms with E-state index < -0.39 is 0 Å². The van der Waals surface area contributed by atoms with E-state index in [-0.39, 0.29) is 5.41 Å². The predicted octanol–water partition coefficient (Wildman–Crippen LogP) is 5.87. The number of carbonyl (C=O) groups excluding carboxylic acids is 1. The van der Waals surface area contributed by atoms with Gasteiger partial charge in [-0.05, 0) is 67.6 Å². The molecule has 0 heterocycles. The molecule has 1 heteroatoms. The molecule has 1 nitrogen and oxygen atoms in total. The average Bonchev–Trinajstić information content (AvgIpc) is 2.46. The maximum atomic E-state index is 12.7. The van der Waals surface area contributed by atoms with Gasteiger partial charge in [0.15, 0.2) is 0 Å². The second-order valence-corrected chi connectivity index (χ2v) is 8.65. The summed E-state index contributed by atoms with van der Waals surface area (Å²) in [6, 6.07) is 0. The Kier molecular flexibility index (Phi) is 4.90. The lowest BCUT2D eigenvalue weighted by Crippen LogP contribution is -2.52. The first kappa shape index (κ1) is 17.0. The minimum absolute atomic E-state index is 0.113. The van der Waals surface area contributed by atoms with E-state index >= 15 is 0 Å².